The van der Waals surface area contributed by atoms with Crippen LogP contribution in [0, 0.1) is 0 Å². The highest BCUT2D eigenvalue weighted by Crippen LogP contribution is 2.28. The molecule has 1 fully saturated rings. The number of nitrogens with two attached hydrogens (primary N) is 1. The van der Waals surface area contributed by atoms with Gasteiger partial charge < -0.3 is 32.4 Å². The molecule has 3 heterocycles. The molecule has 1 saturated heterocycles. The van der Waals surface area contributed by atoms with Gasteiger partial charge in [0.1, 0.15) is 18.1 Å². The third kappa shape index (κ3) is 6.50. The Hall–Kier alpha value is -2.60. The number of aryl methyl sites for hydroxylation is 1. The lowest BCUT2D eigenvalue weighted by Gasteiger charge is -2.13. The van der Waals surface area contributed by atoms with E-state index in [1.165, 1.54) is 10.5 Å². The zero-order valence-corrected chi connectivity index (χ0v) is 21.7. The maximum absolute atomic E-state index is 12.9. The second-order valence-corrected chi connectivity index (χ2v) is 7.62. The van der Waals surface area contributed by atoms with Gasteiger partial charge in [0.2, 0.25) is 5.96 Å². The topological polar surface area (TPSA) is 72.2 Å². The lowest BCUT2D eigenvalue weighted by atomic mass is 10.2. The molecule has 0 saturated carbocycles. The average molecular weight is 606 g/mol. The molecule has 0 unspecified atom stereocenters. The fourth-order valence-corrected chi connectivity index (χ4v) is 3.57. The average Bonchev–Trinajstić information content (AvgIpc) is 3.41. The van der Waals surface area contributed by atoms with Crippen LogP contribution in [0.5, 0.6) is 5.75 Å². The molecule has 1 aromatic carbocycles. The van der Waals surface area contributed by atoms with Crippen LogP contribution >= 0.6 is 17.0 Å². The van der Waals surface area contributed by atoms with Crippen molar-refractivity contribution in [2.24, 2.45) is 23.0 Å². The van der Waals surface area contributed by atoms with Gasteiger partial charge in [0.25, 0.3) is 5.65 Å². The Balaban J connectivity index is 0.00000204. The molecule has 4 rings (SSSR count). The van der Waals surface area contributed by atoms with Gasteiger partial charge in [-0.2, -0.15) is 18.3 Å². The van der Waals surface area contributed by atoms with Crippen molar-refractivity contribution >= 4 is 34.8 Å². The number of hydrogen-bond acceptors (Lipinski definition) is 3. The number of ether oxygens (including phenoxy) is 1. The van der Waals surface area contributed by atoms with Crippen molar-refractivity contribution < 1.29 is 39.3 Å². The minimum atomic E-state index is -4.38. The molecular formula is C22H25Br2F3N6O. The summed E-state index contributed by atoms with van der Waals surface area (Å²) >= 11 is 0. The Morgan fingerprint density at radius 2 is 1.79 bits per heavy atom. The molecular weight excluding hydrogens is 581 g/mol. The molecule has 1 aliphatic rings. The van der Waals surface area contributed by atoms with E-state index in [1.807, 2.05) is 17.0 Å². The summed E-state index contributed by atoms with van der Waals surface area (Å²) in [4.78, 5) is 2.00. The number of guanidine groups is 1. The molecule has 34 heavy (non-hydrogen) atoms. The van der Waals surface area contributed by atoms with E-state index >= 15 is 0 Å². The quantitative estimate of drug-likeness (QED) is 0.201. The zero-order chi connectivity index (χ0) is 22.7. The number of rotatable bonds is 5. The second kappa shape index (κ2) is 11.7. The number of benzene rings is 1. The van der Waals surface area contributed by atoms with Crippen LogP contribution in [0.4, 0.5) is 13.2 Å². The SMILES string of the molecule is Br.Cn1c(COc2ccc(/C=N/N=C(\N)N3CCCC3)cc2)c[n+]2cc(C(F)(F)F)ccc12.[Br-]. The van der Waals surface area contributed by atoms with Gasteiger partial charge in [-0.1, -0.05) is 0 Å². The van der Waals surface area contributed by atoms with Crippen LogP contribution < -0.4 is 31.9 Å². The lowest BCUT2D eigenvalue weighted by molar-refractivity contribution is -0.512. The number of likely N-dealkylation sites (tertiary alicyclic amines) is 1. The molecule has 3 aromatic rings. The normalized spacial score (nSPS) is 14.4. The smallest absolute Gasteiger partial charge is 0.419 e. The van der Waals surface area contributed by atoms with E-state index in [2.05, 4.69) is 10.2 Å². The Morgan fingerprint density at radius 1 is 1.12 bits per heavy atom. The summed E-state index contributed by atoms with van der Waals surface area (Å²) in [5.41, 5.74) is 7.43. The minimum Gasteiger partial charge on any atom is -1.00 e. The summed E-state index contributed by atoms with van der Waals surface area (Å²) in [5.74, 6) is 1.06. The van der Waals surface area contributed by atoms with E-state index in [0.29, 0.717) is 17.4 Å². The van der Waals surface area contributed by atoms with Crippen LogP contribution in [0.15, 0.2) is 59.0 Å². The van der Waals surface area contributed by atoms with E-state index in [9.17, 15) is 13.2 Å². The number of pyridine rings is 1. The summed E-state index contributed by atoms with van der Waals surface area (Å²) < 4.78 is 47.9. The minimum absolute atomic E-state index is 0. The number of hydrogen-bond donors (Lipinski definition) is 1. The van der Waals surface area contributed by atoms with Crippen molar-refractivity contribution in [3.05, 3.63) is 65.6 Å². The molecule has 0 aliphatic carbocycles. The molecule has 0 amide bonds. The molecule has 1 aliphatic heterocycles. The number of aromatic nitrogens is 2. The van der Waals surface area contributed by atoms with Crippen molar-refractivity contribution in [1.82, 2.24) is 9.47 Å². The van der Waals surface area contributed by atoms with Gasteiger partial charge in [-0.3, -0.25) is 0 Å². The number of nitrogens with zero attached hydrogens (tertiary/aromatic N) is 5. The maximum Gasteiger partial charge on any atom is 0.419 e. The highest BCUT2D eigenvalue weighted by Gasteiger charge is 2.32. The van der Waals surface area contributed by atoms with Gasteiger partial charge >= 0.3 is 6.18 Å². The number of imidazole rings is 1. The van der Waals surface area contributed by atoms with Crippen LogP contribution in [0.2, 0.25) is 0 Å². The fraction of sp³-hybridized carbons (Fsp3) is 0.318. The molecule has 184 valence electrons. The number of halogens is 5. The van der Waals surface area contributed by atoms with Crippen molar-refractivity contribution in [3.63, 3.8) is 0 Å². The Labute approximate surface area is 216 Å². The first-order valence-electron chi connectivity index (χ1n) is 10.2. The highest BCUT2D eigenvalue weighted by atomic mass is 79.9. The highest BCUT2D eigenvalue weighted by molar-refractivity contribution is 8.93. The molecule has 0 atom stereocenters. The summed E-state index contributed by atoms with van der Waals surface area (Å²) in [7, 11) is 1.79. The Kier molecular flexibility index (Phi) is 9.51. The lowest BCUT2D eigenvalue weighted by Crippen LogP contribution is -3.00. The van der Waals surface area contributed by atoms with Crippen LogP contribution in [0.25, 0.3) is 5.65 Å². The second-order valence-electron chi connectivity index (χ2n) is 7.62. The molecule has 12 heteroatoms. The third-order valence-electron chi connectivity index (χ3n) is 5.41. The number of alkyl halides is 3. The molecule has 2 aromatic heterocycles. The largest absolute Gasteiger partial charge is 1.00 e. The van der Waals surface area contributed by atoms with E-state index < -0.39 is 11.7 Å². The predicted molar refractivity (Wildman–Crippen MR) is 125 cm³/mol. The maximum atomic E-state index is 12.9. The summed E-state index contributed by atoms with van der Waals surface area (Å²) in [6.07, 6.45) is 2.18. The van der Waals surface area contributed by atoms with Gasteiger partial charge in [-0.05, 0) is 48.7 Å². The van der Waals surface area contributed by atoms with Crippen molar-refractivity contribution in [3.8, 4) is 5.75 Å². The monoisotopic (exact) mass is 604 g/mol. The van der Waals surface area contributed by atoms with Crippen LogP contribution in [-0.2, 0) is 19.8 Å². The third-order valence-corrected chi connectivity index (χ3v) is 5.41. The van der Waals surface area contributed by atoms with Crippen molar-refractivity contribution in [2.45, 2.75) is 25.6 Å². The van der Waals surface area contributed by atoms with Gasteiger partial charge in [-0.25, -0.2) is 8.97 Å². The van der Waals surface area contributed by atoms with Crippen molar-refractivity contribution in [1.29, 1.82) is 0 Å². The standard InChI is InChI=1S/C22H24F3N6O.2BrH/c1-29-18(14-31-13-17(22(23,24)25)6-9-20(29)31)15-32-19-7-4-16(5-8-19)12-27-28-21(26)30-10-2-3-11-30;;/h4-9,12-14H,2-3,10-11,15H2,1H3,(H2,26,28);2*1H/q+1;;/p-1/b27-12+;;. The zero-order valence-electron chi connectivity index (χ0n) is 18.4. The van der Waals surface area contributed by atoms with E-state index in [-0.39, 0.29) is 40.6 Å². The number of fused-ring (bicyclic) bond motifs is 1. The van der Waals surface area contributed by atoms with Crippen LogP contribution in [0.3, 0.4) is 0 Å². The first-order chi connectivity index (χ1) is 15.3. The van der Waals surface area contributed by atoms with Crippen LogP contribution in [-0.4, -0.2) is 34.7 Å². The fourth-order valence-electron chi connectivity index (χ4n) is 3.57. The molecule has 7 nitrogen and oxygen atoms in total. The summed E-state index contributed by atoms with van der Waals surface area (Å²) in [6, 6.07) is 9.79. The first-order valence-corrected chi connectivity index (χ1v) is 10.2. The van der Waals surface area contributed by atoms with Gasteiger partial charge in [-0.15, -0.1) is 22.1 Å². The summed E-state index contributed by atoms with van der Waals surface area (Å²) in [5, 5.41) is 8.07. The molecule has 0 bridgehead atoms. The first kappa shape index (κ1) is 27.6. The van der Waals surface area contributed by atoms with Gasteiger partial charge in [0, 0.05) is 19.2 Å². The molecule has 2 N–H and O–H groups in total. The Morgan fingerprint density at radius 3 is 2.44 bits per heavy atom. The predicted octanol–water partition coefficient (Wildman–Crippen LogP) is 0.688. The van der Waals surface area contributed by atoms with E-state index in [1.54, 1.807) is 36.2 Å². The Bertz CT molecular complexity index is 1160. The molecule has 0 radical (unpaired) electrons. The molecule has 0 spiro atoms. The van der Waals surface area contributed by atoms with Gasteiger partial charge in [0.15, 0.2) is 12.3 Å². The van der Waals surface area contributed by atoms with E-state index in [0.717, 1.165) is 49.5 Å². The van der Waals surface area contributed by atoms with Crippen LogP contribution in [0.1, 0.15) is 29.7 Å². The van der Waals surface area contributed by atoms with Crippen molar-refractivity contribution in [2.75, 3.05) is 13.1 Å². The van der Waals surface area contributed by atoms with Gasteiger partial charge in [0.05, 0.1) is 18.8 Å². The summed E-state index contributed by atoms with van der Waals surface area (Å²) in [6.45, 7) is 2.04. The van der Waals surface area contributed by atoms with E-state index in [4.69, 9.17) is 10.5 Å².